The molecule has 1 saturated heterocycles. The molecule has 208 valence electrons. The van der Waals surface area contributed by atoms with E-state index in [2.05, 4.69) is 0 Å². The van der Waals surface area contributed by atoms with Crippen LogP contribution in [0.5, 0.6) is 0 Å². The Hall–Kier alpha value is -4.19. The number of anilines is 2. The molecule has 2 aromatic heterocycles. The van der Waals surface area contributed by atoms with Crippen LogP contribution in [0.2, 0.25) is 0 Å². The minimum absolute atomic E-state index is 0.0142. The highest BCUT2D eigenvalue weighted by Gasteiger charge is 2.27. The minimum Gasteiger partial charge on any atom is -0.449 e. The van der Waals surface area contributed by atoms with Crippen LogP contribution in [-0.4, -0.2) is 63.3 Å². The first-order chi connectivity index (χ1) is 18.7. The second-order valence-corrected chi connectivity index (χ2v) is 9.54. The molecule has 1 amide bonds. The summed E-state index contributed by atoms with van der Waals surface area (Å²) in [6.07, 6.45) is 4.95. The third-order valence-electron chi connectivity index (χ3n) is 6.89. The average molecular weight is 538 g/mol. The van der Waals surface area contributed by atoms with Crippen molar-refractivity contribution < 1.29 is 14.3 Å². The van der Waals surface area contributed by atoms with E-state index in [9.17, 15) is 19.2 Å². The lowest BCUT2D eigenvalue weighted by molar-refractivity contribution is 0.0969. The summed E-state index contributed by atoms with van der Waals surface area (Å²) in [5, 5.41) is 0. The standard InChI is InChI=1S/C27H35N7O5/c1-5-7-15-33-22-23(29-25(33)32-14-10-11-18(28)16-32)31(4)26(37)34(24(22)36)17-21(35)19-12-8-9-13-20(19)30(3)27(38)39-6-2/h5,7-9,12-13,18H,6,10-11,14-17,28H2,1-4H3/b7-5+/t18-/m1/s1. The summed E-state index contributed by atoms with van der Waals surface area (Å²) in [4.78, 5) is 60.9. The maximum absolute atomic E-state index is 13.8. The molecule has 0 unspecified atom stereocenters. The summed E-state index contributed by atoms with van der Waals surface area (Å²) in [5.74, 6) is 0.0675. The van der Waals surface area contributed by atoms with E-state index in [-0.39, 0.29) is 29.4 Å². The lowest BCUT2D eigenvalue weighted by Crippen LogP contribution is -2.44. The molecule has 1 aliphatic rings. The van der Waals surface area contributed by atoms with Crippen molar-refractivity contribution in [2.75, 3.05) is 36.5 Å². The highest BCUT2D eigenvalue weighted by atomic mass is 16.6. The van der Waals surface area contributed by atoms with E-state index in [1.54, 1.807) is 35.8 Å². The number of para-hydroxylation sites is 1. The van der Waals surface area contributed by atoms with E-state index in [0.29, 0.717) is 24.7 Å². The summed E-state index contributed by atoms with van der Waals surface area (Å²) in [5.41, 5.74) is 5.92. The second kappa shape index (κ2) is 11.7. The molecule has 2 N–H and O–H groups in total. The van der Waals surface area contributed by atoms with Gasteiger partial charge in [0.05, 0.1) is 18.8 Å². The van der Waals surface area contributed by atoms with Crippen molar-refractivity contribution in [3.63, 3.8) is 0 Å². The molecule has 0 radical (unpaired) electrons. The molecule has 1 aliphatic heterocycles. The molecule has 1 atom stereocenters. The van der Waals surface area contributed by atoms with Crippen LogP contribution in [0.15, 0.2) is 46.0 Å². The number of nitrogens with two attached hydrogens (primary N) is 1. The molecule has 0 aliphatic carbocycles. The molecule has 1 fully saturated rings. The Morgan fingerprint density at radius 3 is 2.67 bits per heavy atom. The van der Waals surface area contributed by atoms with Crippen molar-refractivity contribution in [3.05, 3.63) is 62.8 Å². The SMILES string of the molecule is C/C=C/Cn1c(N2CCC[C@@H](N)C2)nc2c1c(=O)n(CC(=O)c1ccccc1N(C)C(=O)OCC)c(=O)n2C. The second-order valence-electron chi connectivity index (χ2n) is 9.54. The lowest BCUT2D eigenvalue weighted by atomic mass is 10.1. The Balaban J connectivity index is 1.81. The monoisotopic (exact) mass is 537 g/mol. The van der Waals surface area contributed by atoms with Gasteiger partial charge in [-0.25, -0.2) is 9.59 Å². The summed E-state index contributed by atoms with van der Waals surface area (Å²) < 4.78 is 9.05. The zero-order chi connectivity index (χ0) is 28.3. The largest absolute Gasteiger partial charge is 0.449 e. The van der Waals surface area contributed by atoms with Crippen molar-refractivity contribution >= 4 is 34.7 Å². The third-order valence-corrected chi connectivity index (χ3v) is 6.89. The van der Waals surface area contributed by atoms with Gasteiger partial charge in [-0.3, -0.25) is 23.6 Å². The quantitative estimate of drug-likeness (QED) is 0.340. The van der Waals surface area contributed by atoms with Gasteiger partial charge in [0.15, 0.2) is 16.9 Å². The molecule has 0 saturated carbocycles. The van der Waals surface area contributed by atoms with Gasteiger partial charge in [-0.2, -0.15) is 4.98 Å². The maximum Gasteiger partial charge on any atom is 0.414 e. The van der Waals surface area contributed by atoms with Crippen molar-refractivity contribution in [2.45, 2.75) is 45.8 Å². The molecule has 39 heavy (non-hydrogen) atoms. The summed E-state index contributed by atoms with van der Waals surface area (Å²) in [7, 11) is 3.03. The maximum atomic E-state index is 13.8. The minimum atomic E-state index is -0.658. The van der Waals surface area contributed by atoms with E-state index < -0.39 is 29.7 Å². The highest BCUT2D eigenvalue weighted by Crippen LogP contribution is 2.24. The Labute approximate surface area is 225 Å². The molecule has 1 aromatic carbocycles. The van der Waals surface area contributed by atoms with Crippen LogP contribution in [0.25, 0.3) is 11.2 Å². The molecular formula is C27H35N7O5. The summed E-state index contributed by atoms with van der Waals surface area (Å²) in [6, 6.07) is 6.49. The van der Waals surface area contributed by atoms with Gasteiger partial charge in [-0.1, -0.05) is 24.3 Å². The number of fused-ring (bicyclic) bond motifs is 1. The van der Waals surface area contributed by atoms with Crippen LogP contribution in [0.3, 0.4) is 0 Å². The Morgan fingerprint density at radius 2 is 1.97 bits per heavy atom. The van der Waals surface area contributed by atoms with Gasteiger partial charge in [0.2, 0.25) is 5.95 Å². The van der Waals surface area contributed by atoms with Gasteiger partial charge in [0, 0.05) is 45.3 Å². The van der Waals surface area contributed by atoms with Crippen molar-refractivity contribution in [1.82, 2.24) is 18.7 Å². The molecule has 3 heterocycles. The van der Waals surface area contributed by atoms with E-state index in [4.69, 9.17) is 15.5 Å². The number of piperidine rings is 1. The van der Waals surface area contributed by atoms with E-state index in [0.717, 1.165) is 24.0 Å². The van der Waals surface area contributed by atoms with Crippen molar-refractivity contribution in [2.24, 2.45) is 12.8 Å². The van der Waals surface area contributed by atoms with Crippen molar-refractivity contribution in [3.8, 4) is 0 Å². The number of carbonyl (C=O) groups excluding carboxylic acids is 2. The molecule has 0 bridgehead atoms. The van der Waals surface area contributed by atoms with Crippen LogP contribution in [0.1, 0.15) is 37.0 Å². The summed E-state index contributed by atoms with van der Waals surface area (Å²) >= 11 is 0. The number of rotatable bonds is 8. The van der Waals surface area contributed by atoms with E-state index >= 15 is 0 Å². The first-order valence-corrected chi connectivity index (χ1v) is 13.0. The topological polar surface area (TPSA) is 138 Å². The molecule has 0 spiro atoms. The van der Waals surface area contributed by atoms with Crippen LogP contribution < -0.4 is 26.8 Å². The number of aryl methyl sites for hydroxylation is 1. The number of allylic oxidation sites excluding steroid dienone is 2. The van der Waals surface area contributed by atoms with Gasteiger partial charge >= 0.3 is 11.8 Å². The summed E-state index contributed by atoms with van der Waals surface area (Å²) in [6.45, 7) is 4.93. The highest BCUT2D eigenvalue weighted by molar-refractivity contribution is 6.04. The van der Waals surface area contributed by atoms with Gasteiger partial charge < -0.3 is 19.9 Å². The Bertz CT molecular complexity index is 1530. The van der Waals surface area contributed by atoms with Crippen LogP contribution >= 0.6 is 0 Å². The smallest absolute Gasteiger partial charge is 0.414 e. The van der Waals surface area contributed by atoms with Crippen LogP contribution in [0.4, 0.5) is 16.4 Å². The molecule has 4 rings (SSSR count). The Morgan fingerprint density at radius 1 is 1.23 bits per heavy atom. The third kappa shape index (κ3) is 5.37. The number of imidazole rings is 1. The fraction of sp³-hybridized carbons (Fsp3) is 0.444. The lowest BCUT2D eigenvalue weighted by Gasteiger charge is -2.31. The van der Waals surface area contributed by atoms with Crippen molar-refractivity contribution in [1.29, 1.82) is 0 Å². The predicted octanol–water partition coefficient (Wildman–Crippen LogP) is 1.88. The number of hydrogen-bond donors (Lipinski definition) is 1. The average Bonchev–Trinajstić information content (AvgIpc) is 3.32. The van der Waals surface area contributed by atoms with Crippen LogP contribution in [-0.2, 0) is 24.9 Å². The first kappa shape index (κ1) is 27.8. The van der Waals surface area contributed by atoms with Gasteiger partial charge in [-0.05, 0) is 38.8 Å². The number of Topliss-reactive ketones (excluding diaryl/α,β-unsaturated/α-hetero) is 1. The van der Waals surface area contributed by atoms with Gasteiger partial charge in [0.25, 0.3) is 5.56 Å². The number of benzene rings is 1. The zero-order valence-electron chi connectivity index (χ0n) is 22.8. The fourth-order valence-corrected chi connectivity index (χ4v) is 4.87. The molecule has 3 aromatic rings. The van der Waals surface area contributed by atoms with Crippen LogP contribution in [0, 0.1) is 0 Å². The Kier molecular flexibility index (Phi) is 8.34. The normalized spacial score (nSPS) is 15.7. The number of carbonyl (C=O) groups is 2. The predicted molar refractivity (Wildman–Crippen MR) is 150 cm³/mol. The number of hydrogen-bond acceptors (Lipinski definition) is 8. The number of aromatic nitrogens is 4. The zero-order valence-corrected chi connectivity index (χ0v) is 22.8. The molecule has 12 nitrogen and oxygen atoms in total. The number of nitrogens with zero attached hydrogens (tertiary/aromatic N) is 6. The van der Waals surface area contributed by atoms with Gasteiger partial charge in [0.1, 0.15) is 0 Å². The molecule has 12 heteroatoms. The molecular weight excluding hydrogens is 502 g/mol. The number of ketones is 1. The van der Waals surface area contributed by atoms with Gasteiger partial charge in [-0.15, -0.1) is 0 Å². The fourth-order valence-electron chi connectivity index (χ4n) is 4.87. The van der Waals surface area contributed by atoms with E-state index in [1.807, 2.05) is 24.0 Å². The van der Waals surface area contributed by atoms with E-state index in [1.165, 1.54) is 23.6 Å². The number of ether oxygens (including phenoxy) is 1. The first-order valence-electron chi connectivity index (χ1n) is 13.0. The number of amides is 1.